The number of aliphatic imine (C=N–C) groups is 1. The summed E-state index contributed by atoms with van der Waals surface area (Å²) in [6, 6.07) is 0. The molecule has 5 heteroatoms. The number of nitrogens with one attached hydrogen (secondary N) is 2. The summed E-state index contributed by atoms with van der Waals surface area (Å²) in [5, 5.41) is 6.59. The summed E-state index contributed by atoms with van der Waals surface area (Å²) in [4.78, 5) is 4.18. The van der Waals surface area contributed by atoms with Crippen LogP contribution in [0.15, 0.2) is 4.99 Å². The van der Waals surface area contributed by atoms with Gasteiger partial charge in [0.05, 0.1) is 5.60 Å². The molecule has 4 nitrogen and oxygen atoms in total. The molecule has 0 aliphatic heterocycles. The molecule has 0 aromatic rings. The maximum absolute atomic E-state index is 5.34. The van der Waals surface area contributed by atoms with Crippen LogP contribution in [0.3, 0.4) is 0 Å². The van der Waals surface area contributed by atoms with Gasteiger partial charge in [0.15, 0.2) is 5.96 Å². The van der Waals surface area contributed by atoms with Crippen molar-refractivity contribution in [2.24, 2.45) is 10.9 Å². The van der Waals surface area contributed by atoms with E-state index in [9.17, 15) is 0 Å². The van der Waals surface area contributed by atoms with Gasteiger partial charge in [-0.2, -0.15) is 0 Å². The van der Waals surface area contributed by atoms with Gasteiger partial charge in [0.2, 0.25) is 0 Å². The number of ether oxygens (including phenoxy) is 1. The lowest BCUT2D eigenvalue weighted by Gasteiger charge is -2.24. The van der Waals surface area contributed by atoms with Gasteiger partial charge in [0.1, 0.15) is 0 Å². The van der Waals surface area contributed by atoms with E-state index in [1.54, 1.807) is 14.2 Å². The van der Waals surface area contributed by atoms with Crippen molar-refractivity contribution in [3.8, 4) is 0 Å². The zero-order chi connectivity index (χ0) is 12.0. The molecule has 1 saturated carbocycles. The second kappa shape index (κ2) is 8.13. The fourth-order valence-electron chi connectivity index (χ4n) is 1.39. The lowest BCUT2D eigenvalue weighted by atomic mass is 10.1. The van der Waals surface area contributed by atoms with Gasteiger partial charge in [0, 0.05) is 27.2 Å². The van der Waals surface area contributed by atoms with Crippen molar-refractivity contribution in [1.29, 1.82) is 0 Å². The molecule has 0 radical (unpaired) electrons. The third-order valence-electron chi connectivity index (χ3n) is 3.00. The van der Waals surface area contributed by atoms with E-state index in [-0.39, 0.29) is 29.6 Å². The highest BCUT2D eigenvalue weighted by molar-refractivity contribution is 14.0. The average Bonchev–Trinajstić information content (AvgIpc) is 3.07. The highest BCUT2D eigenvalue weighted by Crippen LogP contribution is 2.31. The zero-order valence-electron chi connectivity index (χ0n) is 11.4. The molecule has 0 unspecified atom stereocenters. The molecule has 0 spiro atoms. The van der Waals surface area contributed by atoms with Crippen molar-refractivity contribution in [2.75, 3.05) is 27.2 Å². The molecule has 1 aliphatic carbocycles. The van der Waals surface area contributed by atoms with E-state index in [0.717, 1.165) is 25.0 Å². The third-order valence-corrected chi connectivity index (χ3v) is 3.00. The minimum absolute atomic E-state index is 0. The molecule has 0 saturated heterocycles. The number of methoxy groups -OCH3 is 1. The molecular weight excluding hydrogens is 329 g/mol. The number of halogens is 1. The predicted molar refractivity (Wildman–Crippen MR) is 83.2 cm³/mol. The Hall–Kier alpha value is -0.0400. The lowest BCUT2D eigenvalue weighted by Crippen LogP contribution is -2.45. The molecule has 0 heterocycles. The van der Waals surface area contributed by atoms with Crippen LogP contribution in [-0.4, -0.2) is 38.8 Å². The van der Waals surface area contributed by atoms with Crippen LogP contribution in [0.5, 0.6) is 0 Å². The molecule has 0 aromatic heterocycles. The first-order valence-corrected chi connectivity index (χ1v) is 6.07. The molecular formula is C12H26IN3O. The Morgan fingerprint density at radius 3 is 2.47 bits per heavy atom. The summed E-state index contributed by atoms with van der Waals surface area (Å²) < 4.78 is 5.34. The first kappa shape index (κ1) is 17.0. The van der Waals surface area contributed by atoms with Crippen LogP contribution in [0.1, 0.15) is 33.1 Å². The normalized spacial score (nSPS) is 16.4. The van der Waals surface area contributed by atoms with Crippen LogP contribution in [0.25, 0.3) is 0 Å². The van der Waals surface area contributed by atoms with Gasteiger partial charge in [-0.15, -0.1) is 24.0 Å². The third kappa shape index (κ3) is 7.81. The standard InChI is InChI=1S/C12H25N3O.HI/c1-12(2,16-4)9-15-11(13-3)14-8-7-10-5-6-10;/h10H,5-9H2,1-4H3,(H2,13,14,15);1H. The van der Waals surface area contributed by atoms with E-state index in [1.165, 1.54) is 19.3 Å². The average molecular weight is 355 g/mol. The van der Waals surface area contributed by atoms with Crippen LogP contribution in [-0.2, 0) is 4.74 Å². The highest BCUT2D eigenvalue weighted by Gasteiger charge is 2.20. The monoisotopic (exact) mass is 355 g/mol. The Kier molecular flexibility index (Phi) is 8.11. The van der Waals surface area contributed by atoms with E-state index in [0.29, 0.717) is 0 Å². The summed E-state index contributed by atoms with van der Waals surface area (Å²) >= 11 is 0. The minimum Gasteiger partial charge on any atom is -0.377 e. The van der Waals surface area contributed by atoms with Gasteiger partial charge in [-0.3, -0.25) is 4.99 Å². The van der Waals surface area contributed by atoms with Gasteiger partial charge >= 0.3 is 0 Å². The predicted octanol–water partition coefficient (Wildman–Crippen LogP) is 1.99. The van der Waals surface area contributed by atoms with Crippen LogP contribution in [0.2, 0.25) is 0 Å². The fraction of sp³-hybridized carbons (Fsp3) is 0.917. The number of rotatable bonds is 6. The van der Waals surface area contributed by atoms with E-state index in [1.807, 2.05) is 0 Å². The van der Waals surface area contributed by atoms with Crippen molar-refractivity contribution in [1.82, 2.24) is 10.6 Å². The Morgan fingerprint density at radius 2 is 2.00 bits per heavy atom. The summed E-state index contributed by atoms with van der Waals surface area (Å²) in [5.41, 5.74) is -0.159. The highest BCUT2D eigenvalue weighted by atomic mass is 127. The molecule has 1 aliphatic rings. The van der Waals surface area contributed by atoms with Gasteiger partial charge in [-0.05, 0) is 26.2 Å². The summed E-state index contributed by atoms with van der Waals surface area (Å²) in [7, 11) is 3.53. The number of hydrogen-bond donors (Lipinski definition) is 2. The van der Waals surface area contributed by atoms with E-state index >= 15 is 0 Å². The number of nitrogens with zero attached hydrogens (tertiary/aromatic N) is 1. The van der Waals surface area contributed by atoms with Crippen molar-refractivity contribution in [2.45, 2.75) is 38.7 Å². The molecule has 1 rings (SSSR count). The second-order valence-corrected chi connectivity index (χ2v) is 5.05. The van der Waals surface area contributed by atoms with Gasteiger partial charge in [-0.1, -0.05) is 12.8 Å². The molecule has 0 atom stereocenters. The molecule has 0 amide bonds. The maximum Gasteiger partial charge on any atom is 0.191 e. The summed E-state index contributed by atoms with van der Waals surface area (Å²) in [5.74, 6) is 1.83. The number of hydrogen-bond acceptors (Lipinski definition) is 2. The van der Waals surface area contributed by atoms with Gasteiger partial charge in [0.25, 0.3) is 0 Å². The van der Waals surface area contributed by atoms with Gasteiger partial charge in [-0.25, -0.2) is 0 Å². The Labute approximate surface area is 122 Å². The van der Waals surface area contributed by atoms with Crippen molar-refractivity contribution in [3.05, 3.63) is 0 Å². The quantitative estimate of drug-likeness (QED) is 0.435. The second-order valence-electron chi connectivity index (χ2n) is 5.05. The maximum atomic E-state index is 5.34. The van der Waals surface area contributed by atoms with Crippen molar-refractivity contribution in [3.63, 3.8) is 0 Å². The first-order valence-electron chi connectivity index (χ1n) is 6.07. The lowest BCUT2D eigenvalue weighted by molar-refractivity contribution is 0.0268. The topological polar surface area (TPSA) is 45.7 Å². The molecule has 102 valence electrons. The minimum atomic E-state index is -0.159. The number of guanidine groups is 1. The van der Waals surface area contributed by atoms with E-state index < -0.39 is 0 Å². The Bertz CT molecular complexity index is 240. The fourth-order valence-corrected chi connectivity index (χ4v) is 1.39. The van der Waals surface area contributed by atoms with Gasteiger partial charge < -0.3 is 15.4 Å². The molecule has 2 N–H and O–H groups in total. The van der Waals surface area contributed by atoms with E-state index in [4.69, 9.17) is 4.74 Å². The van der Waals surface area contributed by atoms with Crippen molar-refractivity contribution < 1.29 is 4.74 Å². The Balaban J connectivity index is 0.00000256. The molecule has 0 bridgehead atoms. The SMILES string of the molecule is CN=C(NCCC1CC1)NCC(C)(C)OC.I. The van der Waals surface area contributed by atoms with Crippen LogP contribution >= 0.6 is 24.0 Å². The molecule has 1 fully saturated rings. The largest absolute Gasteiger partial charge is 0.377 e. The zero-order valence-corrected chi connectivity index (χ0v) is 13.7. The summed E-state index contributed by atoms with van der Waals surface area (Å²) in [6.45, 7) is 5.87. The first-order chi connectivity index (χ1) is 7.57. The van der Waals surface area contributed by atoms with Crippen LogP contribution in [0, 0.1) is 5.92 Å². The Morgan fingerprint density at radius 1 is 1.35 bits per heavy atom. The van der Waals surface area contributed by atoms with E-state index in [2.05, 4.69) is 29.5 Å². The molecule has 17 heavy (non-hydrogen) atoms. The van der Waals surface area contributed by atoms with Crippen LogP contribution < -0.4 is 10.6 Å². The molecule has 0 aromatic carbocycles. The van der Waals surface area contributed by atoms with Crippen LogP contribution in [0.4, 0.5) is 0 Å². The van der Waals surface area contributed by atoms with Crippen molar-refractivity contribution >= 4 is 29.9 Å². The smallest absolute Gasteiger partial charge is 0.191 e. The summed E-state index contributed by atoms with van der Waals surface area (Å²) in [6.07, 6.45) is 4.07.